The Morgan fingerprint density at radius 3 is 2.52 bits per heavy atom. The molecule has 0 unspecified atom stereocenters. The molecule has 1 N–H and O–H groups in total. The summed E-state index contributed by atoms with van der Waals surface area (Å²) in [5, 5.41) is 10.1. The van der Waals surface area contributed by atoms with E-state index in [0.717, 1.165) is 6.08 Å². The third kappa shape index (κ3) is 3.80. The number of halogens is 2. The molecule has 0 saturated heterocycles. The number of fused-ring (bicyclic) bond motifs is 1. The molecule has 0 radical (unpaired) electrons. The highest BCUT2D eigenvalue weighted by Gasteiger charge is 2.36. The Hall–Kier alpha value is -2.50. The zero-order chi connectivity index (χ0) is 19.7. The Bertz CT molecular complexity index is 939. The van der Waals surface area contributed by atoms with Gasteiger partial charge in [0, 0.05) is 27.2 Å². The van der Waals surface area contributed by atoms with Gasteiger partial charge in [-0.25, -0.2) is 4.79 Å². The minimum Gasteiger partial charge on any atom is -0.478 e. The van der Waals surface area contributed by atoms with Crippen LogP contribution in [0, 0.1) is 0 Å². The zero-order valence-corrected chi connectivity index (χ0v) is 16.2. The van der Waals surface area contributed by atoms with Crippen LogP contribution in [0.25, 0.3) is 0 Å². The summed E-state index contributed by atoms with van der Waals surface area (Å²) in [6.07, 6.45) is -0.0135. The first-order chi connectivity index (χ1) is 12.8. The summed E-state index contributed by atoms with van der Waals surface area (Å²) in [6, 6.07) is 11.9. The van der Waals surface area contributed by atoms with Gasteiger partial charge in [0.1, 0.15) is 0 Å². The van der Waals surface area contributed by atoms with Crippen LogP contribution in [0.4, 0.5) is 5.69 Å². The van der Waals surface area contributed by atoms with E-state index in [0.29, 0.717) is 26.9 Å². The topological polar surface area (TPSA) is 66.8 Å². The van der Waals surface area contributed by atoms with Crippen LogP contribution in [0.5, 0.6) is 0 Å². The number of anilines is 1. The predicted molar refractivity (Wildman–Crippen MR) is 104 cm³/mol. The van der Waals surface area contributed by atoms with Gasteiger partial charge >= 0.3 is 5.97 Å². The number of carbonyl (C=O) groups is 2. The quantitative estimate of drug-likeness (QED) is 0.742. The van der Waals surface area contributed by atoms with Crippen LogP contribution in [-0.2, 0) is 14.3 Å². The third-order valence-corrected chi connectivity index (χ3v) is 4.74. The normalized spacial score (nSPS) is 18.3. The molecular weight excluding hydrogens is 389 g/mol. The summed E-state index contributed by atoms with van der Waals surface area (Å²) >= 11 is 12.6. The molecule has 1 atom stereocenters. The average Bonchev–Trinajstić information content (AvgIpc) is 2.70. The van der Waals surface area contributed by atoms with E-state index < -0.39 is 18.0 Å². The first kappa shape index (κ1) is 19.3. The lowest BCUT2D eigenvalue weighted by Gasteiger charge is -2.26. The van der Waals surface area contributed by atoms with Crippen molar-refractivity contribution in [3.05, 3.63) is 75.5 Å². The SMILES string of the molecule is CC(C)N1C(=O)/C(=C/C(=O)O)O[C@@H](c2ccccc2Cl)c2cc(Cl)ccc21. The zero-order valence-electron chi connectivity index (χ0n) is 14.6. The van der Waals surface area contributed by atoms with Gasteiger partial charge in [0.05, 0.1) is 11.8 Å². The van der Waals surface area contributed by atoms with E-state index in [-0.39, 0.29) is 11.8 Å². The molecule has 2 aromatic carbocycles. The number of carbonyl (C=O) groups excluding carboxylic acids is 1. The van der Waals surface area contributed by atoms with E-state index in [1.807, 2.05) is 13.8 Å². The summed E-state index contributed by atoms with van der Waals surface area (Å²) in [5.41, 5.74) is 1.84. The second-order valence-corrected chi connectivity index (χ2v) is 7.18. The molecule has 0 spiro atoms. The number of amides is 1. The first-order valence-electron chi connectivity index (χ1n) is 8.28. The fourth-order valence-corrected chi connectivity index (χ4v) is 3.48. The van der Waals surface area contributed by atoms with Crippen molar-refractivity contribution in [2.45, 2.75) is 26.0 Å². The van der Waals surface area contributed by atoms with E-state index >= 15 is 0 Å². The Kier molecular flexibility index (Phi) is 5.44. The number of ether oxygens (including phenoxy) is 1. The number of aliphatic carboxylic acids is 1. The van der Waals surface area contributed by atoms with Crippen molar-refractivity contribution in [2.75, 3.05) is 4.90 Å². The van der Waals surface area contributed by atoms with E-state index in [4.69, 9.17) is 27.9 Å². The highest BCUT2D eigenvalue weighted by atomic mass is 35.5. The van der Waals surface area contributed by atoms with Gasteiger partial charge in [-0.05, 0) is 38.1 Å². The van der Waals surface area contributed by atoms with Crippen LogP contribution in [0.1, 0.15) is 31.1 Å². The Balaban J connectivity index is 2.30. The first-order valence-corrected chi connectivity index (χ1v) is 9.04. The maximum Gasteiger partial charge on any atom is 0.332 e. The van der Waals surface area contributed by atoms with Crippen molar-refractivity contribution in [3.8, 4) is 0 Å². The Labute approximate surface area is 166 Å². The van der Waals surface area contributed by atoms with Gasteiger partial charge in [-0.15, -0.1) is 0 Å². The number of nitrogens with zero attached hydrogens (tertiary/aromatic N) is 1. The molecular formula is C20H17Cl2NO4. The molecule has 27 heavy (non-hydrogen) atoms. The van der Waals surface area contributed by atoms with E-state index in [9.17, 15) is 14.7 Å². The second-order valence-electron chi connectivity index (χ2n) is 6.34. The lowest BCUT2D eigenvalue weighted by atomic mass is 9.99. The minimum absolute atomic E-state index is 0.233. The van der Waals surface area contributed by atoms with Gasteiger partial charge in [-0.3, -0.25) is 4.79 Å². The van der Waals surface area contributed by atoms with Gasteiger partial charge in [-0.2, -0.15) is 0 Å². The van der Waals surface area contributed by atoms with Gasteiger partial charge in [0.2, 0.25) is 0 Å². The summed E-state index contributed by atoms with van der Waals surface area (Å²) in [5.74, 6) is -2.08. The van der Waals surface area contributed by atoms with E-state index in [1.54, 1.807) is 42.5 Å². The van der Waals surface area contributed by atoms with Gasteiger partial charge in [-0.1, -0.05) is 41.4 Å². The lowest BCUT2D eigenvalue weighted by Crippen LogP contribution is -2.37. The second kappa shape index (κ2) is 7.62. The number of hydrogen-bond acceptors (Lipinski definition) is 3. The number of carboxylic acid groups (broad SMARTS) is 1. The highest BCUT2D eigenvalue weighted by Crippen LogP contribution is 2.42. The molecule has 0 fully saturated rings. The van der Waals surface area contributed by atoms with E-state index in [1.165, 1.54) is 4.90 Å². The van der Waals surface area contributed by atoms with Crippen LogP contribution in [0.2, 0.25) is 10.0 Å². The molecule has 0 bridgehead atoms. The molecule has 0 aromatic heterocycles. The number of hydrogen-bond donors (Lipinski definition) is 1. The summed E-state index contributed by atoms with van der Waals surface area (Å²) in [7, 11) is 0. The highest BCUT2D eigenvalue weighted by molar-refractivity contribution is 6.31. The van der Waals surface area contributed by atoms with Crippen molar-refractivity contribution < 1.29 is 19.4 Å². The third-order valence-electron chi connectivity index (χ3n) is 4.16. The van der Waals surface area contributed by atoms with Crippen LogP contribution >= 0.6 is 23.2 Å². The van der Waals surface area contributed by atoms with Crippen molar-refractivity contribution in [1.29, 1.82) is 0 Å². The molecule has 140 valence electrons. The van der Waals surface area contributed by atoms with Crippen LogP contribution in [-0.4, -0.2) is 23.0 Å². The van der Waals surface area contributed by atoms with Crippen molar-refractivity contribution in [2.24, 2.45) is 0 Å². The molecule has 5 nitrogen and oxygen atoms in total. The molecule has 1 aliphatic rings. The van der Waals surface area contributed by atoms with Crippen molar-refractivity contribution in [3.63, 3.8) is 0 Å². The van der Waals surface area contributed by atoms with Crippen LogP contribution in [0.3, 0.4) is 0 Å². The smallest absolute Gasteiger partial charge is 0.332 e. The molecule has 0 aliphatic carbocycles. The lowest BCUT2D eigenvalue weighted by molar-refractivity contribution is -0.132. The summed E-state index contributed by atoms with van der Waals surface area (Å²) in [6.45, 7) is 3.68. The molecule has 0 saturated carbocycles. The maximum absolute atomic E-state index is 13.0. The fourth-order valence-electron chi connectivity index (χ4n) is 3.06. The summed E-state index contributed by atoms with van der Waals surface area (Å²) in [4.78, 5) is 25.8. The van der Waals surface area contributed by atoms with Gasteiger partial charge in [0.25, 0.3) is 5.91 Å². The monoisotopic (exact) mass is 405 g/mol. The molecule has 1 amide bonds. The predicted octanol–water partition coefficient (Wildman–Crippen LogP) is 4.82. The minimum atomic E-state index is -1.27. The van der Waals surface area contributed by atoms with Gasteiger partial charge < -0.3 is 14.7 Å². The largest absolute Gasteiger partial charge is 0.478 e. The molecule has 3 rings (SSSR count). The summed E-state index contributed by atoms with van der Waals surface area (Å²) < 4.78 is 5.91. The molecule has 1 heterocycles. The Morgan fingerprint density at radius 1 is 1.19 bits per heavy atom. The molecule has 1 aliphatic heterocycles. The number of carboxylic acids is 1. The van der Waals surface area contributed by atoms with Gasteiger partial charge in [0.15, 0.2) is 11.9 Å². The number of rotatable bonds is 3. The average molecular weight is 406 g/mol. The van der Waals surface area contributed by atoms with Crippen molar-refractivity contribution >= 4 is 40.8 Å². The molecule has 2 aromatic rings. The van der Waals surface area contributed by atoms with Crippen LogP contribution < -0.4 is 4.90 Å². The number of benzene rings is 2. The van der Waals surface area contributed by atoms with Crippen LogP contribution in [0.15, 0.2) is 54.3 Å². The van der Waals surface area contributed by atoms with E-state index in [2.05, 4.69) is 0 Å². The maximum atomic E-state index is 13.0. The Morgan fingerprint density at radius 2 is 1.89 bits per heavy atom. The standard InChI is InChI=1S/C20H17Cl2NO4/c1-11(2)23-16-8-7-12(21)9-14(16)19(13-5-3-4-6-15(13)22)27-17(20(23)26)10-18(24)25/h3-11,19H,1-2H3,(H,24,25)/b17-10-/t19-/m0/s1. The fraction of sp³-hybridized carbons (Fsp3) is 0.200. The van der Waals surface area contributed by atoms with Crippen molar-refractivity contribution in [1.82, 2.24) is 0 Å². The molecule has 7 heteroatoms.